The maximum absolute atomic E-state index is 11.0. The summed E-state index contributed by atoms with van der Waals surface area (Å²) in [5.74, 6) is 0.759. The zero-order valence-corrected chi connectivity index (χ0v) is 11.4. The first-order chi connectivity index (χ1) is 9.61. The zero-order chi connectivity index (χ0) is 14.5. The van der Waals surface area contributed by atoms with Crippen molar-refractivity contribution < 1.29 is 9.66 Å². The number of benzene rings is 2. The Balaban J connectivity index is 2.21. The summed E-state index contributed by atoms with van der Waals surface area (Å²) < 4.78 is 5.26. The first-order valence-corrected chi connectivity index (χ1v) is 6.22. The summed E-state index contributed by atoms with van der Waals surface area (Å²) >= 11 is 0. The normalized spacial score (nSPS) is 10.1. The number of nitro benzene ring substituents is 1. The van der Waals surface area contributed by atoms with Crippen molar-refractivity contribution >= 4 is 11.4 Å². The van der Waals surface area contributed by atoms with Crippen LogP contribution in [0, 0.1) is 17.0 Å². The minimum Gasteiger partial charge on any atom is -0.496 e. The Morgan fingerprint density at radius 2 is 2.00 bits per heavy atom. The standard InChI is InChI=1S/C15H16N2O3/c1-11-7-8-13(14(9-11)17(18)19)16-10-12-5-3-4-6-15(12)20-2/h3-9,16H,10H2,1-2H3. The van der Waals surface area contributed by atoms with Gasteiger partial charge in [-0.15, -0.1) is 0 Å². The van der Waals surface area contributed by atoms with Gasteiger partial charge in [-0.25, -0.2) is 0 Å². The maximum Gasteiger partial charge on any atom is 0.292 e. The van der Waals surface area contributed by atoms with E-state index in [1.165, 1.54) is 0 Å². The van der Waals surface area contributed by atoms with Gasteiger partial charge in [0.05, 0.1) is 12.0 Å². The molecule has 0 saturated carbocycles. The number of ether oxygens (including phenoxy) is 1. The number of nitrogens with zero attached hydrogens (tertiary/aromatic N) is 1. The molecular weight excluding hydrogens is 256 g/mol. The topological polar surface area (TPSA) is 64.4 Å². The number of anilines is 1. The molecule has 0 bridgehead atoms. The molecule has 0 aromatic heterocycles. The predicted molar refractivity (Wildman–Crippen MR) is 78.2 cm³/mol. The second-order valence-corrected chi connectivity index (χ2v) is 4.44. The number of para-hydroxylation sites is 1. The summed E-state index contributed by atoms with van der Waals surface area (Å²) in [5.41, 5.74) is 2.40. The summed E-state index contributed by atoms with van der Waals surface area (Å²) in [6, 6.07) is 12.7. The Hall–Kier alpha value is -2.56. The fraction of sp³-hybridized carbons (Fsp3) is 0.200. The van der Waals surface area contributed by atoms with Crippen LogP contribution in [0.15, 0.2) is 42.5 Å². The minimum atomic E-state index is -0.377. The van der Waals surface area contributed by atoms with Gasteiger partial charge in [-0.2, -0.15) is 0 Å². The number of nitro groups is 1. The van der Waals surface area contributed by atoms with Crippen LogP contribution < -0.4 is 10.1 Å². The first kappa shape index (κ1) is 13.9. The molecule has 104 valence electrons. The van der Waals surface area contributed by atoms with Gasteiger partial charge in [0, 0.05) is 18.2 Å². The van der Waals surface area contributed by atoms with Crippen LogP contribution in [0.4, 0.5) is 11.4 Å². The maximum atomic E-state index is 11.0. The fourth-order valence-electron chi connectivity index (χ4n) is 1.98. The van der Waals surface area contributed by atoms with Crippen LogP contribution in [0.5, 0.6) is 5.75 Å². The number of rotatable bonds is 5. The third kappa shape index (κ3) is 3.06. The second-order valence-electron chi connectivity index (χ2n) is 4.44. The lowest BCUT2D eigenvalue weighted by Gasteiger charge is -2.11. The smallest absolute Gasteiger partial charge is 0.292 e. The Morgan fingerprint density at radius 1 is 1.25 bits per heavy atom. The van der Waals surface area contributed by atoms with Gasteiger partial charge in [-0.1, -0.05) is 24.3 Å². The number of aryl methyl sites for hydroxylation is 1. The SMILES string of the molecule is COc1ccccc1CNc1ccc(C)cc1[N+](=O)[O-]. The highest BCUT2D eigenvalue weighted by Crippen LogP contribution is 2.27. The van der Waals surface area contributed by atoms with E-state index < -0.39 is 0 Å². The molecular formula is C15H16N2O3. The summed E-state index contributed by atoms with van der Waals surface area (Å²) in [5, 5.41) is 14.1. The summed E-state index contributed by atoms with van der Waals surface area (Å²) in [6.45, 7) is 2.30. The molecule has 0 heterocycles. The van der Waals surface area contributed by atoms with Crippen LogP contribution in [0.2, 0.25) is 0 Å². The van der Waals surface area contributed by atoms with Gasteiger partial charge in [0.25, 0.3) is 5.69 Å². The van der Waals surface area contributed by atoms with Gasteiger partial charge in [-0.3, -0.25) is 10.1 Å². The van der Waals surface area contributed by atoms with Gasteiger partial charge >= 0.3 is 0 Å². The van der Waals surface area contributed by atoms with Crippen molar-refractivity contribution in [3.8, 4) is 5.75 Å². The molecule has 20 heavy (non-hydrogen) atoms. The van der Waals surface area contributed by atoms with E-state index in [4.69, 9.17) is 4.74 Å². The highest BCUT2D eigenvalue weighted by molar-refractivity contribution is 5.62. The second kappa shape index (κ2) is 6.06. The average Bonchev–Trinajstić information content (AvgIpc) is 2.46. The van der Waals surface area contributed by atoms with Crippen molar-refractivity contribution in [2.24, 2.45) is 0 Å². The molecule has 0 aliphatic heterocycles. The van der Waals surface area contributed by atoms with Crippen LogP contribution in [0.3, 0.4) is 0 Å². The van der Waals surface area contributed by atoms with Crippen LogP contribution in [0.1, 0.15) is 11.1 Å². The zero-order valence-electron chi connectivity index (χ0n) is 11.4. The monoisotopic (exact) mass is 272 g/mol. The lowest BCUT2D eigenvalue weighted by atomic mass is 10.1. The molecule has 0 aliphatic carbocycles. The third-order valence-corrected chi connectivity index (χ3v) is 3.01. The van der Waals surface area contributed by atoms with Crippen molar-refractivity contribution in [2.45, 2.75) is 13.5 Å². The van der Waals surface area contributed by atoms with E-state index in [1.807, 2.05) is 37.3 Å². The number of hydrogen-bond acceptors (Lipinski definition) is 4. The Morgan fingerprint density at radius 3 is 2.70 bits per heavy atom. The van der Waals surface area contributed by atoms with E-state index in [1.54, 1.807) is 19.2 Å². The van der Waals surface area contributed by atoms with Gasteiger partial charge in [0.2, 0.25) is 0 Å². The molecule has 0 radical (unpaired) electrons. The lowest BCUT2D eigenvalue weighted by Crippen LogP contribution is -2.04. The molecule has 0 unspecified atom stereocenters. The largest absolute Gasteiger partial charge is 0.496 e. The van der Waals surface area contributed by atoms with Crippen LogP contribution in [-0.2, 0) is 6.54 Å². The number of methoxy groups -OCH3 is 1. The molecule has 0 fully saturated rings. The van der Waals surface area contributed by atoms with Crippen molar-refractivity contribution in [1.29, 1.82) is 0 Å². The average molecular weight is 272 g/mol. The highest BCUT2D eigenvalue weighted by atomic mass is 16.6. The molecule has 5 heteroatoms. The summed E-state index contributed by atoms with van der Waals surface area (Å²) in [4.78, 5) is 10.7. The molecule has 0 amide bonds. The molecule has 1 N–H and O–H groups in total. The van der Waals surface area contributed by atoms with E-state index in [9.17, 15) is 10.1 Å². The molecule has 0 aliphatic rings. The molecule has 5 nitrogen and oxygen atoms in total. The van der Waals surface area contributed by atoms with E-state index in [2.05, 4.69) is 5.32 Å². The first-order valence-electron chi connectivity index (χ1n) is 6.22. The van der Waals surface area contributed by atoms with Crippen molar-refractivity contribution in [3.05, 3.63) is 63.7 Å². The summed E-state index contributed by atoms with van der Waals surface area (Å²) in [7, 11) is 1.60. The predicted octanol–water partition coefficient (Wildman–Crippen LogP) is 3.52. The quantitative estimate of drug-likeness (QED) is 0.668. The van der Waals surface area contributed by atoms with Crippen molar-refractivity contribution in [1.82, 2.24) is 0 Å². The van der Waals surface area contributed by atoms with E-state index in [0.717, 1.165) is 16.9 Å². The molecule has 2 aromatic carbocycles. The van der Waals surface area contributed by atoms with E-state index in [0.29, 0.717) is 12.2 Å². The Labute approximate surface area is 117 Å². The minimum absolute atomic E-state index is 0.0832. The molecule has 2 aromatic rings. The highest BCUT2D eigenvalue weighted by Gasteiger charge is 2.13. The van der Waals surface area contributed by atoms with Crippen LogP contribution in [0.25, 0.3) is 0 Å². The van der Waals surface area contributed by atoms with Crippen LogP contribution in [-0.4, -0.2) is 12.0 Å². The van der Waals surface area contributed by atoms with E-state index in [-0.39, 0.29) is 10.6 Å². The molecule has 0 spiro atoms. The molecule has 0 saturated heterocycles. The van der Waals surface area contributed by atoms with Gasteiger partial charge in [-0.05, 0) is 24.6 Å². The Bertz CT molecular complexity index is 626. The van der Waals surface area contributed by atoms with Gasteiger partial charge in [0.1, 0.15) is 11.4 Å². The third-order valence-electron chi connectivity index (χ3n) is 3.01. The fourth-order valence-corrected chi connectivity index (χ4v) is 1.98. The van der Waals surface area contributed by atoms with Gasteiger partial charge in [0.15, 0.2) is 0 Å². The van der Waals surface area contributed by atoms with E-state index >= 15 is 0 Å². The number of nitrogens with one attached hydrogen (secondary N) is 1. The van der Waals surface area contributed by atoms with Crippen molar-refractivity contribution in [2.75, 3.05) is 12.4 Å². The number of hydrogen-bond donors (Lipinski definition) is 1. The van der Waals surface area contributed by atoms with Crippen molar-refractivity contribution in [3.63, 3.8) is 0 Å². The molecule has 0 atom stereocenters. The Kier molecular flexibility index (Phi) is 4.20. The summed E-state index contributed by atoms with van der Waals surface area (Å²) in [6.07, 6.45) is 0. The molecule has 2 rings (SSSR count). The lowest BCUT2D eigenvalue weighted by molar-refractivity contribution is -0.384. The van der Waals surface area contributed by atoms with Crippen LogP contribution >= 0.6 is 0 Å². The van der Waals surface area contributed by atoms with Gasteiger partial charge < -0.3 is 10.1 Å².